The van der Waals surface area contributed by atoms with Crippen LogP contribution in [-0.2, 0) is 0 Å². The summed E-state index contributed by atoms with van der Waals surface area (Å²) in [6, 6.07) is 0. The summed E-state index contributed by atoms with van der Waals surface area (Å²) in [6.45, 7) is 37.0. The fraction of sp³-hybridized carbons (Fsp3) is 0.444. The van der Waals surface area contributed by atoms with Gasteiger partial charge in [-0.05, 0) is 222 Å². The van der Waals surface area contributed by atoms with Crippen LogP contribution in [0.4, 0.5) is 0 Å². The minimum Gasteiger partial charge on any atom is -0.0447 e. The Labute approximate surface area is 221 Å². The van der Waals surface area contributed by atoms with Gasteiger partial charge in [0.1, 0.15) is 0 Å². The first kappa shape index (κ1) is 28.0. The van der Waals surface area contributed by atoms with Gasteiger partial charge in [-0.25, -0.2) is 0 Å². The number of rotatable bonds is 3. The van der Waals surface area contributed by atoms with Gasteiger partial charge in [-0.3, -0.25) is 0 Å². The summed E-state index contributed by atoms with van der Waals surface area (Å²) in [4.78, 5) is 0. The summed E-state index contributed by atoms with van der Waals surface area (Å²) < 4.78 is 0. The molecule has 0 heterocycles. The van der Waals surface area contributed by atoms with E-state index in [1.165, 1.54) is 111 Å². The molecule has 0 N–H and O–H groups in total. The van der Waals surface area contributed by atoms with Crippen LogP contribution in [-0.4, -0.2) is 0 Å². The molecular weight excluding hydrogens is 432 g/mol. The summed E-state index contributed by atoms with van der Waals surface area (Å²) in [5, 5.41) is 0. The van der Waals surface area contributed by atoms with E-state index in [4.69, 9.17) is 0 Å². The molecule has 36 heavy (non-hydrogen) atoms. The molecule has 192 valence electrons. The molecule has 0 saturated carbocycles. The number of hydrogen-bond acceptors (Lipinski definition) is 0. The maximum Gasteiger partial charge on any atom is -0.00649 e. The van der Waals surface area contributed by atoms with E-state index >= 15 is 0 Å². The number of hydrogen-bond donors (Lipinski definition) is 0. The second kappa shape index (κ2) is 9.70. The van der Waals surface area contributed by atoms with Gasteiger partial charge in [-0.1, -0.05) is 0 Å². The standard InChI is InChI=1S/C36H48/c1-17-20(4)26(10)33(27(11)21(17)5)32(16)36(34-28(12)22(6)18(2)23(7)29(34)13)35-30(14)24(8)19(3)25(9)31(35)15/h1-16H3. The Bertz CT molecular complexity index is 1290. The lowest BCUT2D eigenvalue weighted by molar-refractivity contribution is 1.13. The highest BCUT2D eigenvalue weighted by Crippen LogP contribution is 2.45. The first-order valence-electron chi connectivity index (χ1n) is 13.5. The topological polar surface area (TPSA) is 0 Å². The van der Waals surface area contributed by atoms with E-state index in [1.807, 2.05) is 0 Å². The van der Waals surface area contributed by atoms with E-state index in [2.05, 4.69) is 111 Å². The fourth-order valence-corrected chi connectivity index (χ4v) is 6.44. The monoisotopic (exact) mass is 480 g/mol. The van der Waals surface area contributed by atoms with Crippen LogP contribution in [0, 0.1) is 104 Å². The summed E-state index contributed by atoms with van der Waals surface area (Å²) in [5.41, 5.74) is 28.3. The highest BCUT2D eigenvalue weighted by molar-refractivity contribution is 6.03. The Morgan fingerprint density at radius 1 is 0.250 bits per heavy atom. The van der Waals surface area contributed by atoms with Gasteiger partial charge in [0.15, 0.2) is 0 Å². The van der Waals surface area contributed by atoms with Gasteiger partial charge in [-0.2, -0.15) is 0 Å². The van der Waals surface area contributed by atoms with Gasteiger partial charge in [0.2, 0.25) is 0 Å². The highest BCUT2D eigenvalue weighted by atomic mass is 14.3. The molecule has 3 rings (SSSR count). The van der Waals surface area contributed by atoms with E-state index in [0.29, 0.717) is 0 Å². The van der Waals surface area contributed by atoms with E-state index in [1.54, 1.807) is 0 Å². The fourth-order valence-electron chi connectivity index (χ4n) is 6.44. The Morgan fingerprint density at radius 2 is 0.417 bits per heavy atom. The zero-order valence-electron chi connectivity index (χ0n) is 26.0. The van der Waals surface area contributed by atoms with Gasteiger partial charge >= 0.3 is 0 Å². The molecule has 0 saturated heterocycles. The highest BCUT2D eigenvalue weighted by Gasteiger charge is 2.26. The van der Waals surface area contributed by atoms with Crippen molar-refractivity contribution in [3.8, 4) is 0 Å². The van der Waals surface area contributed by atoms with Gasteiger partial charge in [0.05, 0.1) is 0 Å². The third-order valence-corrected chi connectivity index (χ3v) is 10.2. The molecule has 0 atom stereocenters. The molecule has 0 spiro atoms. The van der Waals surface area contributed by atoms with Crippen LogP contribution < -0.4 is 0 Å². The molecule has 0 unspecified atom stereocenters. The Kier molecular flexibility index (Phi) is 7.54. The van der Waals surface area contributed by atoms with Crippen LogP contribution in [0.2, 0.25) is 0 Å². The Morgan fingerprint density at radius 3 is 0.639 bits per heavy atom. The SMILES string of the molecule is CC(=C(c1c(C)c(C)c(C)c(C)c1C)c1c(C)c(C)c(C)c(C)c1C)c1c(C)c(C)c(C)c(C)c1C. The van der Waals surface area contributed by atoms with Crippen molar-refractivity contribution in [2.45, 2.75) is 111 Å². The number of benzene rings is 3. The van der Waals surface area contributed by atoms with E-state index < -0.39 is 0 Å². The van der Waals surface area contributed by atoms with Crippen molar-refractivity contribution < 1.29 is 0 Å². The molecule has 3 aromatic rings. The van der Waals surface area contributed by atoms with Crippen LogP contribution in [0.1, 0.15) is 107 Å². The van der Waals surface area contributed by atoms with Gasteiger partial charge in [0, 0.05) is 0 Å². The molecule has 0 bridgehead atoms. The van der Waals surface area contributed by atoms with Crippen molar-refractivity contribution in [1.82, 2.24) is 0 Å². The van der Waals surface area contributed by atoms with Gasteiger partial charge in [0.25, 0.3) is 0 Å². The summed E-state index contributed by atoms with van der Waals surface area (Å²) in [5.74, 6) is 0. The molecule has 0 amide bonds. The first-order valence-corrected chi connectivity index (χ1v) is 13.5. The van der Waals surface area contributed by atoms with Crippen LogP contribution >= 0.6 is 0 Å². The van der Waals surface area contributed by atoms with Crippen molar-refractivity contribution in [3.63, 3.8) is 0 Å². The lowest BCUT2D eigenvalue weighted by atomic mass is 9.75. The van der Waals surface area contributed by atoms with Crippen molar-refractivity contribution in [2.24, 2.45) is 0 Å². The molecule has 0 aliphatic heterocycles. The van der Waals surface area contributed by atoms with E-state index in [0.717, 1.165) is 0 Å². The maximum atomic E-state index is 2.38. The molecule has 0 aliphatic rings. The third kappa shape index (κ3) is 3.98. The average Bonchev–Trinajstić information content (AvgIpc) is 2.85. The van der Waals surface area contributed by atoms with Crippen molar-refractivity contribution in [2.75, 3.05) is 0 Å². The van der Waals surface area contributed by atoms with Gasteiger partial charge in [-0.15, -0.1) is 0 Å². The lowest BCUT2D eigenvalue weighted by Crippen LogP contribution is -2.10. The predicted octanol–water partition coefficient (Wildman–Crippen LogP) is 10.3. The zero-order valence-corrected chi connectivity index (χ0v) is 26.0. The molecular formula is C36H48. The molecule has 0 fully saturated rings. The summed E-state index contributed by atoms with van der Waals surface area (Å²) in [7, 11) is 0. The normalized spacial score (nSPS) is 11.3. The molecule has 0 aromatic heterocycles. The van der Waals surface area contributed by atoms with Crippen LogP contribution in [0.3, 0.4) is 0 Å². The number of allylic oxidation sites excluding steroid dienone is 1. The van der Waals surface area contributed by atoms with E-state index in [-0.39, 0.29) is 0 Å². The average molecular weight is 481 g/mol. The van der Waals surface area contributed by atoms with E-state index in [9.17, 15) is 0 Å². The van der Waals surface area contributed by atoms with Crippen molar-refractivity contribution >= 4 is 11.1 Å². The largest absolute Gasteiger partial charge is 0.0447 e. The summed E-state index contributed by atoms with van der Waals surface area (Å²) >= 11 is 0. The Hall–Kier alpha value is -2.60. The van der Waals surface area contributed by atoms with Crippen LogP contribution in [0.5, 0.6) is 0 Å². The van der Waals surface area contributed by atoms with Crippen LogP contribution in [0.25, 0.3) is 11.1 Å². The summed E-state index contributed by atoms with van der Waals surface area (Å²) in [6.07, 6.45) is 0. The smallest absolute Gasteiger partial charge is 0.00649 e. The quantitative estimate of drug-likeness (QED) is 0.327. The second-order valence-electron chi connectivity index (χ2n) is 11.5. The second-order valence-corrected chi connectivity index (χ2v) is 11.5. The van der Waals surface area contributed by atoms with Crippen molar-refractivity contribution in [1.29, 1.82) is 0 Å². The lowest BCUT2D eigenvalue weighted by Gasteiger charge is -2.29. The maximum absolute atomic E-state index is 2.38. The third-order valence-electron chi connectivity index (χ3n) is 10.2. The van der Waals surface area contributed by atoms with Crippen molar-refractivity contribution in [3.05, 3.63) is 100 Å². The zero-order chi connectivity index (χ0) is 27.5. The first-order chi connectivity index (χ1) is 16.6. The van der Waals surface area contributed by atoms with Gasteiger partial charge < -0.3 is 0 Å². The van der Waals surface area contributed by atoms with Crippen LogP contribution in [0.15, 0.2) is 0 Å². The predicted molar refractivity (Wildman–Crippen MR) is 162 cm³/mol. The molecule has 0 aliphatic carbocycles. The molecule has 0 nitrogen and oxygen atoms in total. The Balaban J connectivity index is 2.73. The minimum absolute atomic E-state index is 1.40. The minimum atomic E-state index is 1.40. The molecule has 0 heteroatoms. The molecule has 0 radical (unpaired) electrons. The molecule has 3 aromatic carbocycles.